The molecule has 7 heteroatoms. The number of aromatic nitrogens is 1. The molecule has 3 rings (SSSR count). The number of carboxylic acid groups (broad SMARTS) is 1. The lowest BCUT2D eigenvalue weighted by Crippen LogP contribution is -2.40. The molecule has 0 spiro atoms. The van der Waals surface area contributed by atoms with Gasteiger partial charge in [0.1, 0.15) is 6.04 Å². The first-order valence-electron chi connectivity index (χ1n) is 6.82. The Kier molecular flexibility index (Phi) is 3.85. The predicted octanol–water partition coefficient (Wildman–Crippen LogP) is 2.68. The minimum atomic E-state index is -0.993. The van der Waals surface area contributed by atoms with Crippen molar-refractivity contribution < 1.29 is 19.2 Å². The second kappa shape index (κ2) is 5.81. The number of rotatable bonds is 3. The highest BCUT2D eigenvalue weighted by Crippen LogP contribution is 2.25. The molecule has 0 saturated carbocycles. The molecule has 114 valence electrons. The van der Waals surface area contributed by atoms with Gasteiger partial charge in [-0.15, -0.1) is 0 Å². The van der Waals surface area contributed by atoms with Crippen molar-refractivity contribution in [1.82, 2.24) is 10.1 Å². The molecule has 1 fully saturated rings. The standard InChI is InChI=1S/C15H13ClN2O4/c16-10-5-3-9(4-6-10)13-8-11(17-22-13)14(19)18-7-1-2-12(18)15(20)21/h3-6,8,12H,1-2,7H2,(H,20,21). The van der Waals surface area contributed by atoms with E-state index in [4.69, 9.17) is 21.2 Å². The number of aliphatic carboxylic acids is 1. The fourth-order valence-electron chi connectivity index (χ4n) is 2.54. The predicted molar refractivity (Wildman–Crippen MR) is 78.6 cm³/mol. The van der Waals surface area contributed by atoms with Crippen molar-refractivity contribution in [3.8, 4) is 11.3 Å². The van der Waals surface area contributed by atoms with Gasteiger partial charge in [0, 0.05) is 23.2 Å². The van der Waals surface area contributed by atoms with Crippen LogP contribution in [-0.2, 0) is 4.79 Å². The summed E-state index contributed by atoms with van der Waals surface area (Å²) in [6, 6.07) is 7.66. The second-order valence-corrected chi connectivity index (χ2v) is 5.51. The lowest BCUT2D eigenvalue weighted by molar-refractivity contribution is -0.141. The van der Waals surface area contributed by atoms with E-state index in [0.29, 0.717) is 30.2 Å². The minimum Gasteiger partial charge on any atom is -0.480 e. The third-order valence-electron chi connectivity index (χ3n) is 3.66. The molecule has 1 aliphatic heterocycles. The molecule has 1 unspecified atom stereocenters. The number of halogens is 1. The third-order valence-corrected chi connectivity index (χ3v) is 3.91. The number of carbonyl (C=O) groups excluding carboxylic acids is 1. The van der Waals surface area contributed by atoms with Crippen LogP contribution in [0.1, 0.15) is 23.3 Å². The number of carboxylic acids is 1. The van der Waals surface area contributed by atoms with Gasteiger partial charge >= 0.3 is 5.97 Å². The third kappa shape index (κ3) is 2.69. The van der Waals surface area contributed by atoms with Crippen molar-refractivity contribution >= 4 is 23.5 Å². The van der Waals surface area contributed by atoms with Crippen LogP contribution >= 0.6 is 11.6 Å². The molecular weight excluding hydrogens is 308 g/mol. The monoisotopic (exact) mass is 320 g/mol. The zero-order valence-electron chi connectivity index (χ0n) is 11.5. The number of carbonyl (C=O) groups is 2. The molecule has 2 heterocycles. The summed E-state index contributed by atoms with van der Waals surface area (Å²) in [5.74, 6) is -0.979. The number of benzene rings is 1. The average molecular weight is 321 g/mol. The molecule has 1 N–H and O–H groups in total. The quantitative estimate of drug-likeness (QED) is 0.940. The molecule has 1 aromatic heterocycles. The van der Waals surface area contributed by atoms with Crippen molar-refractivity contribution in [1.29, 1.82) is 0 Å². The van der Waals surface area contributed by atoms with E-state index < -0.39 is 17.9 Å². The van der Waals surface area contributed by atoms with Crippen LogP contribution in [0.5, 0.6) is 0 Å². The van der Waals surface area contributed by atoms with E-state index in [9.17, 15) is 9.59 Å². The van der Waals surface area contributed by atoms with Crippen LogP contribution in [0.25, 0.3) is 11.3 Å². The fraction of sp³-hybridized carbons (Fsp3) is 0.267. The van der Waals surface area contributed by atoms with Crippen LogP contribution in [0.15, 0.2) is 34.9 Å². The number of hydrogen-bond acceptors (Lipinski definition) is 4. The Labute approximate surface area is 131 Å². The van der Waals surface area contributed by atoms with Gasteiger partial charge in [-0.3, -0.25) is 4.79 Å². The normalized spacial score (nSPS) is 17.7. The maximum Gasteiger partial charge on any atom is 0.326 e. The van der Waals surface area contributed by atoms with Gasteiger partial charge in [0.05, 0.1) is 0 Å². The maximum atomic E-state index is 12.4. The Morgan fingerprint density at radius 1 is 1.32 bits per heavy atom. The lowest BCUT2D eigenvalue weighted by atomic mass is 10.1. The SMILES string of the molecule is O=C(O)C1CCCN1C(=O)c1cc(-c2ccc(Cl)cc2)on1. The first-order valence-corrected chi connectivity index (χ1v) is 7.20. The second-order valence-electron chi connectivity index (χ2n) is 5.08. The Morgan fingerprint density at radius 2 is 2.05 bits per heavy atom. The Hall–Kier alpha value is -2.34. The molecule has 2 aromatic rings. The van der Waals surface area contributed by atoms with Crippen LogP contribution in [-0.4, -0.2) is 39.6 Å². The van der Waals surface area contributed by atoms with E-state index in [-0.39, 0.29) is 5.69 Å². The minimum absolute atomic E-state index is 0.109. The summed E-state index contributed by atoms with van der Waals surface area (Å²) < 4.78 is 5.18. The average Bonchev–Trinajstić information content (AvgIpc) is 3.17. The topological polar surface area (TPSA) is 83.6 Å². The van der Waals surface area contributed by atoms with Crippen LogP contribution in [0.2, 0.25) is 5.02 Å². The first kappa shape index (κ1) is 14.6. The van der Waals surface area contributed by atoms with Gasteiger partial charge in [-0.2, -0.15) is 0 Å². The molecule has 1 aromatic carbocycles. The van der Waals surface area contributed by atoms with Gasteiger partial charge in [0.25, 0.3) is 5.91 Å². The van der Waals surface area contributed by atoms with E-state index in [1.807, 2.05) is 0 Å². The van der Waals surface area contributed by atoms with E-state index in [2.05, 4.69) is 5.16 Å². The van der Waals surface area contributed by atoms with Crippen molar-refractivity contribution in [2.45, 2.75) is 18.9 Å². The summed E-state index contributed by atoms with van der Waals surface area (Å²) >= 11 is 5.82. The van der Waals surface area contributed by atoms with Gasteiger partial charge in [-0.25, -0.2) is 4.79 Å². The fourth-order valence-corrected chi connectivity index (χ4v) is 2.67. The summed E-state index contributed by atoms with van der Waals surface area (Å²) in [4.78, 5) is 24.9. The van der Waals surface area contributed by atoms with Crippen LogP contribution in [0.3, 0.4) is 0 Å². The summed E-state index contributed by atoms with van der Waals surface area (Å²) in [7, 11) is 0. The largest absolute Gasteiger partial charge is 0.480 e. The van der Waals surface area contributed by atoms with Crippen molar-refractivity contribution in [2.24, 2.45) is 0 Å². The summed E-state index contributed by atoms with van der Waals surface area (Å²) in [6.45, 7) is 0.416. The lowest BCUT2D eigenvalue weighted by Gasteiger charge is -2.19. The first-order chi connectivity index (χ1) is 10.6. The highest BCUT2D eigenvalue weighted by Gasteiger charge is 2.35. The van der Waals surface area contributed by atoms with E-state index in [0.717, 1.165) is 5.56 Å². The molecular formula is C15H13ClN2O4. The Morgan fingerprint density at radius 3 is 2.73 bits per heavy atom. The van der Waals surface area contributed by atoms with E-state index >= 15 is 0 Å². The summed E-state index contributed by atoms with van der Waals surface area (Å²) in [5, 5.41) is 13.5. The van der Waals surface area contributed by atoms with Crippen molar-refractivity contribution in [3.05, 3.63) is 41.0 Å². The van der Waals surface area contributed by atoms with Gasteiger partial charge in [0.2, 0.25) is 0 Å². The van der Waals surface area contributed by atoms with Gasteiger partial charge in [0.15, 0.2) is 11.5 Å². The number of likely N-dealkylation sites (tertiary alicyclic amines) is 1. The van der Waals surface area contributed by atoms with E-state index in [1.54, 1.807) is 24.3 Å². The molecule has 1 aliphatic rings. The Bertz CT molecular complexity index is 711. The zero-order valence-corrected chi connectivity index (χ0v) is 12.3. The van der Waals surface area contributed by atoms with E-state index in [1.165, 1.54) is 11.0 Å². The van der Waals surface area contributed by atoms with Crippen molar-refractivity contribution in [3.63, 3.8) is 0 Å². The molecule has 0 radical (unpaired) electrons. The molecule has 22 heavy (non-hydrogen) atoms. The Balaban J connectivity index is 1.82. The summed E-state index contributed by atoms with van der Waals surface area (Å²) in [5.41, 5.74) is 0.852. The molecule has 0 bridgehead atoms. The number of hydrogen-bond donors (Lipinski definition) is 1. The van der Waals surface area contributed by atoms with Crippen molar-refractivity contribution in [2.75, 3.05) is 6.54 Å². The highest BCUT2D eigenvalue weighted by atomic mass is 35.5. The molecule has 1 atom stereocenters. The van der Waals surface area contributed by atoms with Crippen LogP contribution in [0.4, 0.5) is 0 Å². The van der Waals surface area contributed by atoms with Gasteiger partial charge < -0.3 is 14.5 Å². The maximum absolute atomic E-state index is 12.4. The molecule has 1 amide bonds. The van der Waals surface area contributed by atoms with Gasteiger partial charge in [-0.05, 0) is 37.1 Å². The molecule has 0 aliphatic carbocycles. The molecule has 6 nitrogen and oxygen atoms in total. The summed E-state index contributed by atoms with van der Waals surface area (Å²) in [6.07, 6.45) is 1.13. The van der Waals surface area contributed by atoms with Gasteiger partial charge in [-0.1, -0.05) is 16.8 Å². The molecule has 1 saturated heterocycles. The smallest absolute Gasteiger partial charge is 0.326 e. The number of nitrogens with zero attached hydrogens (tertiary/aromatic N) is 2. The van der Waals surface area contributed by atoms with Crippen LogP contribution < -0.4 is 0 Å². The zero-order chi connectivity index (χ0) is 15.7. The van der Waals surface area contributed by atoms with Crippen LogP contribution in [0, 0.1) is 0 Å². The number of amides is 1. The highest BCUT2D eigenvalue weighted by molar-refractivity contribution is 6.30.